The van der Waals surface area contributed by atoms with Crippen molar-refractivity contribution in [2.75, 3.05) is 26.4 Å². The minimum atomic E-state index is -2.26. The molecule has 0 aliphatic carbocycles. The van der Waals surface area contributed by atoms with E-state index in [4.69, 9.17) is 24.7 Å². The lowest BCUT2D eigenvalue weighted by atomic mass is 9.82. The standard InChI is InChI=1S/C47H76N2O16/c1-30-15-13-11-9-7-5-3-4-6-8-10-12-14-16-35(64-46-44(59)43(48)40(58)29-63-46)26-41-42(45(60)49-20-21-50)39(57)28-47(61,65-41)27-34(53)25-38(56)36(54)18-17-32(51)24-33(52)19-22-62-31(2)23-37(30)55/h3-16,30-44,46,50-59,61H,17-29,48H2,1-2H3,(H,49,60)/b4-3+,7-5+,8-6+,11-9+,12-10+,15-13+,16-14+/t30-,31-,32?,33?,34?,35?,36?,37-,38?,39-,40+,41-,42?,43-,44+,46-,47?/m0/s1. The lowest BCUT2D eigenvalue weighted by Crippen LogP contribution is -2.59. The summed E-state index contributed by atoms with van der Waals surface area (Å²) in [7, 11) is 0. The second-order valence-electron chi connectivity index (χ2n) is 17.3. The summed E-state index contributed by atoms with van der Waals surface area (Å²) in [5, 5.41) is 120. The highest BCUT2D eigenvalue weighted by Crippen LogP contribution is 2.38. The molecule has 18 nitrogen and oxygen atoms in total. The molecule has 2 fully saturated rings. The minimum Gasteiger partial charge on any atom is -0.395 e. The summed E-state index contributed by atoms with van der Waals surface area (Å²) in [6.45, 7) is 3.15. The first kappa shape index (κ1) is 56.3. The monoisotopic (exact) mass is 925 g/mol. The van der Waals surface area contributed by atoms with Crippen LogP contribution in [0.5, 0.6) is 0 Å². The van der Waals surface area contributed by atoms with Crippen LogP contribution in [-0.4, -0.2) is 180 Å². The lowest BCUT2D eigenvalue weighted by molar-refractivity contribution is -0.304. The number of nitrogens with two attached hydrogens (primary N) is 1. The van der Waals surface area contributed by atoms with E-state index >= 15 is 0 Å². The molecule has 8 unspecified atom stereocenters. The fraction of sp³-hybridized carbons (Fsp3) is 0.681. The number of fused-ring (bicyclic) bond motifs is 2. The first-order chi connectivity index (χ1) is 30.9. The number of aliphatic hydroxyl groups is 11. The van der Waals surface area contributed by atoms with Crippen LogP contribution in [0.25, 0.3) is 0 Å². The molecule has 370 valence electrons. The van der Waals surface area contributed by atoms with Crippen molar-refractivity contribution < 1.29 is 79.9 Å². The Balaban J connectivity index is 1.87. The van der Waals surface area contributed by atoms with Gasteiger partial charge in [0, 0.05) is 44.8 Å². The Morgan fingerprint density at radius 2 is 1.28 bits per heavy atom. The number of nitrogens with one attached hydrogen (secondary N) is 1. The van der Waals surface area contributed by atoms with E-state index in [1.807, 2.05) is 62.5 Å². The smallest absolute Gasteiger partial charge is 0.228 e. The fourth-order valence-electron chi connectivity index (χ4n) is 7.80. The van der Waals surface area contributed by atoms with Gasteiger partial charge in [0.25, 0.3) is 0 Å². The van der Waals surface area contributed by atoms with Crippen LogP contribution in [0.2, 0.25) is 0 Å². The molecule has 0 radical (unpaired) electrons. The van der Waals surface area contributed by atoms with Crippen molar-refractivity contribution in [3.05, 3.63) is 85.1 Å². The number of amides is 1. The van der Waals surface area contributed by atoms with Crippen LogP contribution < -0.4 is 11.1 Å². The van der Waals surface area contributed by atoms with Crippen molar-refractivity contribution in [2.24, 2.45) is 17.6 Å². The van der Waals surface area contributed by atoms with Crippen molar-refractivity contribution in [1.29, 1.82) is 0 Å². The Kier molecular flexibility index (Phi) is 25.7. The average molecular weight is 925 g/mol. The van der Waals surface area contributed by atoms with E-state index in [2.05, 4.69) is 5.32 Å². The lowest BCUT2D eigenvalue weighted by Gasteiger charge is -2.45. The number of hydrogen-bond acceptors (Lipinski definition) is 17. The highest BCUT2D eigenvalue weighted by atomic mass is 16.7. The maximum atomic E-state index is 13.4. The quantitative estimate of drug-likeness (QED) is 0.167. The summed E-state index contributed by atoms with van der Waals surface area (Å²) < 4.78 is 23.6. The summed E-state index contributed by atoms with van der Waals surface area (Å²) in [6.07, 6.45) is 8.57. The third kappa shape index (κ3) is 20.8. The molecule has 18 heteroatoms. The van der Waals surface area contributed by atoms with Gasteiger partial charge in [-0.1, -0.05) is 92.0 Å². The third-order valence-corrected chi connectivity index (χ3v) is 11.6. The van der Waals surface area contributed by atoms with E-state index in [-0.39, 0.29) is 63.9 Å². The Hall–Kier alpha value is -2.99. The van der Waals surface area contributed by atoms with E-state index in [0.29, 0.717) is 6.42 Å². The third-order valence-electron chi connectivity index (χ3n) is 11.6. The second-order valence-corrected chi connectivity index (χ2v) is 17.3. The Morgan fingerprint density at radius 1 is 0.677 bits per heavy atom. The Labute approximate surface area is 382 Å². The van der Waals surface area contributed by atoms with Gasteiger partial charge in [-0.2, -0.15) is 0 Å². The predicted octanol–water partition coefficient (Wildman–Crippen LogP) is -0.425. The zero-order valence-electron chi connectivity index (χ0n) is 37.6. The number of carbonyl (C=O) groups excluding carboxylic acids is 1. The molecular weight excluding hydrogens is 849 g/mol. The number of aliphatic hydroxyl groups excluding tert-OH is 10. The van der Waals surface area contributed by atoms with Gasteiger partial charge in [-0.25, -0.2) is 0 Å². The predicted molar refractivity (Wildman–Crippen MR) is 240 cm³/mol. The molecule has 0 spiro atoms. The van der Waals surface area contributed by atoms with E-state index < -0.39 is 123 Å². The van der Waals surface area contributed by atoms with Crippen LogP contribution in [0.4, 0.5) is 0 Å². The van der Waals surface area contributed by atoms with Crippen molar-refractivity contribution in [1.82, 2.24) is 5.32 Å². The van der Waals surface area contributed by atoms with Crippen molar-refractivity contribution in [3.63, 3.8) is 0 Å². The summed E-state index contributed by atoms with van der Waals surface area (Å²) in [5.41, 5.74) is 5.98. The second kappa shape index (κ2) is 29.7. The SMILES string of the molecule is C[C@H]1C[C@H](O)[C@@H](C)/C=C/C=C/C=C/C=C/C=C/C=C/C=C/C(O[C@@H]2OC[C@@H](O)[C@H](N)[C@H]2O)C[C@@H]2OC(O)(CC(O)CC(O)C(O)CCC(O)CC(O)CCO1)C[C@H](O)C2C(=O)NCCO. The largest absolute Gasteiger partial charge is 0.395 e. The maximum Gasteiger partial charge on any atom is 0.228 e. The van der Waals surface area contributed by atoms with Gasteiger partial charge in [-0.3, -0.25) is 4.79 Å². The van der Waals surface area contributed by atoms with Gasteiger partial charge < -0.3 is 86.2 Å². The highest BCUT2D eigenvalue weighted by molar-refractivity contribution is 5.80. The maximum absolute atomic E-state index is 13.4. The summed E-state index contributed by atoms with van der Waals surface area (Å²) in [4.78, 5) is 13.4. The molecule has 3 heterocycles. The van der Waals surface area contributed by atoms with Crippen LogP contribution in [0, 0.1) is 11.8 Å². The van der Waals surface area contributed by atoms with Crippen LogP contribution in [0.3, 0.4) is 0 Å². The summed E-state index contributed by atoms with van der Waals surface area (Å²) in [5.74, 6) is -4.41. The van der Waals surface area contributed by atoms with E-state index in [0.717, 1.165) is 0 Å². The van der Waals surface area contributed by atoms with Crippen LogP contribution in [-0.2, 0) is 23.7 Å². The molecule has 0 saturated carbocycles. The molecule has 0 aromatic carbocycles. The molecule has 3 aliphatic rings. The Morgan fingerprint density at radius 3 is 1.91 bits per heavy atom. The van der Waals surface area contributed by atoms with Gasteiger partial charge in [0.05, 0.1) is 92.3 Å². The topological polar surface area (TPSA) is 315 Å². The zero-order valence-corrected chi connectivity index (χ0v) is 37.6. The molecule has 0 aromatic rings. The van der Waals surface area contributed by atoms with Crippen molar-refractivity contribution in [3.8, 4) is 0 Å². The van der Waals surface area contributed by atoms with E-state index in [1.54, 1.807) is 36.5 Å². The van der Waals surface area contributed by atoms with Crippen LogP contribution in [0.15, 0.2) is 85.1 Å². The van der Waals surface area contributed by atoms with Crippen LogP contribution >= 0.6 is 0 Å². The van der Waals surface area contributed by atoms with Crippen molar-refractivity contribution >= 4 is 5.91 Å². The minimum absolute atomic E-state index is 0.0140. The van der Waals surface area contributed by atoms with E-state index in [1.165, 1.54) is 0 Å². The summed E-state index contributed by atoms with van der Waals surface area (Å²) in [6, 6.07) is -1.11. The average Bonchev–Trinajstić information content (AvgIpc) is 3.23. The highest BCUT2D eigenvalue weighted by Gasteiger charge is 2.50. The zero-order chi connectivity index (χ0) is 47.9. The molecule has 2 saturated heterocycles. The molecule has 3 rings (SSSR count). The van der Waals surface area contributed by atoms with E-state index in [9.17, 15) is 61.0 Å². The number of rotatable bonds is 5. The molecular formula is C47H76N2O16. The van der Waals surface area contributed by atoms with Gasteiger partial charge in [-0.05, 0) is 39.0 Å². The molecule has 2 bridgehead atoms. The molecule has 14 N–H and O–H groups in total. The molecule has 17 atom stereocenters. The first-order valence-electron chi connectivity index (χ1n) is 22.7. The Bertz CT molecular complexity index is 1570. The molecule has 0 aromatic heterocycles. The van der Waals surface area contributed by atoms with Gasteiger partial charge in [-0.15, -0.1) is 0 Å². The summed E-state index contributed by atoms with van der Waals surface area (Å²) >= 11 is 0. The molecule has 65 heavy (non-hydrogen) atoms. The van der Waals surface area contributed by atoms with Crippen molar-refractivity contribution in [2.45, 2.75) is 163 Å². The van der Waals surface area contributed by atoms with Crippen LogP contribution in [0.1, 0.15) is 71.6 Å². The molecule has 1 amide bonds. The number of carbonyl (C=O) groups is 1. The van der Waals surface area contributed by atoms with Gasteiger partial charge in [0.2, 0.25) is 5.91 Å². The first-order valence-corrected chi connectivity index (χ1v) is 22.7. The van der Waals surface area contributed by atoms with Gasteiger partial charge >= 0.3 is 0 Å². The number of hydrogen-bond donors (Lipinski definition) is 13. The fourth-order valence-corrected chi connectivity index (χ4v) is 7.80. The normalized spacial score (nSPS) is 43.2. The van der Waals surface area contributed by atoms with Gasteiger partial charge in [0.1, 0.15) is 6.10 Å². The molecule has 3 aliphatic heterocycles. The number of allylic oxidation sites excluding steroid dienone is 12. The van der Waals surface area contributed by atoms with Gasteiger partial charge in [0.15, 0.2) is 12.1 Å². The number of ether oxygens (including phenoxy) is 4.